The molecule has 0 unspecified atom stereocenters. The molecule has 2 aliphatic carbocycles. The normalized spacial score (nSPS) is 23.6. The molecule has 4 rings (SSSR count). The Morgan fingerprint density at radius 2 is 1.86 bits per heavy atom. The molecule has 0 atom stereocenters. The maximum Gasteiger partial charge on any atom is 0.254 e. The Hall–Kier alpha value is -1.83. The van der Waals surface area contributed by atoms with Crippen molar-refractivity contribution in [2.75, 3.05) is 7.05 Å². The van der Waals surface area contributed by atoms with Crippen LogP contribution in [0.15, 0.2) is 42.1 Å². The lowest BCUT2D eigenvalue weighted by Gasteiger charge is -2.47. The van der Waals surface area contributed by atoms with Crippen LogP contribution in [0.2, 0.25) is 0 Å². The summed E-state index contributed by atoms with van der Waals surface area (Å²) in [6.45, 7) is 4.11. The van der Waals surface area contributed by atoms with Crippen LogP contribution in [0.5, 0.6) is 0 Å². The van der Waals surface area contributed by atoms with Crippen molar-refractivity contribution in [3.63, 3.8) is 0 Å². The van der Waals surface area contributed by atoms with E-state index in [2.05, 4.69) is 30.8 Å². The van der Waals surface area contributed by atoms with Gasteiger partial charge in [0, 0.05) is 30.2 Å². The van der Waals surface area contributed by atoms with E-state index in [0.717, 1.165) is 37.0 Å². The SMILES string of the molecule is C=C1CC2=C(C(=O)N1C)C1(CCCCC1)Cc1ccccc12. The van der Waals surface area contributed by atoms with Gasteiger partial charge < -0.3 is 4.90 Å². The first kappa shape index (κ1) is 13.8. The van der Waals surface area contributed by atoms with Gasteiger partial charge in [-0.2, -0.15) is 0 Å². The average Bonchev–Trinajstić information content (AvgIpc) is 2.53. The zero-order valence-corrected chi connectivity index (χ0v) is 13.3. The van der Waals surface area contributed by atoms with Gasteiger partial charge >= 0.3 is 0 Å². The number of rotatable bonds is 0. The molecule has 0 N–H and O–H groups in total. The van der Waals surface area contributed by atoms with Crippen LogP contribution in [-0.2, 0) is 11.2 Å². The van der Waals surface area contributed by atoms with Crippen molar-refractivity contribution >= 4 is 11.5 Å². The predicted octanol–water partition coefficient (Wildman–Crippen LogP) is 4.32. The van der Waals surface area contributed by atoms with Gasteiger partial charge in [0.15, 0.2) is 0 Å². The summed E-state index contributed by atoms with van der Waals surface area (Å²) in [6, 6.07) is 8.66. The van der Waals surface area contributed by atoms with Gasteiger partial charge in [-0.15, -0.1) is 0 Å². The van der Waals surface area contributed by atoms with E-state index in [1.165, 1.54) is 36.0 Å². The van der Waals surface area contributed by atoms with Gasteiger partial charge in [0.25, 0.3) is 5.91 Å². The topological polar surface area (TPSA) is 20.3 Å². The molecule has 0 bridgehead atoms. The third-order valence-corrected chi connectivity index (χ3v) is 5.89. The Kier molecular flexibility index (Phi) is 3.04. The zero-order valence-electron chi connectivity index (χ0n) is 13.3. The summed E-state index contributed by atoms with van der Waals surface area (Å²) >= 11 is 0. The molecule has 1 amide bonds. The van der Waals surface area contributed by atoms with E-state index in [4.69, 9.17) is 0 Å². The van der Waals surface area contributed by atoms with Gasteiger partial charge in [0.05, 0.1) is 0 Å². The number of fused-ring (bicyclic) bond motifs is 3. The van der Waals surface area contributed by atoms with Gasteiger partial charge in [0.1, 0.15) is 0 Å². The third-order valence-electron chi connectivity index (χ3n) is 5.89. The lowest BCUT2D eigenvalue weighted by molar-refractivity contribution is -0.126. The number of amides is 1. The molecule has 114 valence electrons. The molecular formula is C20H23NO. The number of benzene rings is 1. The summed E-state index contributed by atoms with van der Waals surface area (Å²) in [5.41, 5.74) is 6.09. The molecule has 1 spiro atoms. The van der Waals surface area contributed by atoms with E-state index < -0.39 is 0 Å². The molecule has 3 aliphatic rings. The Morgan fingerprint density at radius 3 is 2.64 bits per heavy atom. The summed E-state index contributed by atoms with van der Waals surface area (Å²) < 4.78 is 0. The molecule has 2 nitrogen and oxygen atoms in total. The van der Waals surface area contributed by atoms with Crippen LogP contribution in [-0.4, -0.2) is 17.9 Å². The highest BCUT2D eigenvalue weighted by atomic mass is 16.2. The highest BCUT2D eigenvalue weighted by Crippen LogP contribution is 2.54. The first-order valence-corrected chi connectivity index (χ1v) is 8.40. The molecule has 0 radical (unpaired) electrons. The molecular weight excluding hydrogens is 270 g/mol. The van der Waals surface area contributed by atoms with Gasteiger partial charge in [-0.1, -0.05) is 50.1 Å². The molecule has 1 saturated carbocycles. The fourth-order valence-electron chi connectivity index (χ4n) is 4.71. The maximum atomic E-state index is 13.1. The fraction of sp³-hybridized carbons (Fsp3) is 0.450. The number of nitrogens with zero attached hydrogens (tertiary/aromatic N) is 1. The van der Waals surface area contributed by atoms with Crippen LogP contribution in [0.25, 0.3) is 5.57 Å². The second-order valence-corrected chi connectivity index (χ2v) is 7.14. The van der Waals surface area contributed by atoms with Crippen molar-refractivity contribution in [2.45, 2.75) is 44.9 Å². The fourth-order valence-corrected chi connectivity index (χ4v) is 4.71. The van der Waals surface area contributed by atoms with Gasteiger partial charge in [-0.25, -0.2) is 0 Å². The van der Waals surface area contributed by atoms with E-state index in [0.29, 0.717) is 0 Å². The Morgan fingerprint density at radius 1 is 1.14 bits per heavy atom. The average molecular weight is 293 g/mol. The van der Waals surface area contributed by atoms with Crippen LogP contribution < -0.4 is 0 Å². The highest BCUT2D eigenvalue weighted by Gasteiger charge is 2.46. The van der Waals surface area contributed by atoms with Crippen molar-refractivity contribution in [1.29, 1.82) is 0 Å². The number of carbonyl (C=O) groups is 1. The largest absolute Gasteiger partial charge is 0.316 e. The van der Waals surface area contributed by atoms with E-state index in [1.54, 1.807) is 4.90 Å². The minimum absolute atomic E-state index is 0.0774. The van der Waals surface area contributed by atoms with Gasteiger partial charge in [-0.3, -0.25) is 4.79 Å². The Labute approximate surface area is 132 Å². The molecule has 0 saturated heterocycles. The minimum atomic E-state index is 0.0774. The summed E-state index contributed by atoms with van der Waals surface area (Å²) in [5.74, 6) is 0.197. The molecule has 1 aliphatic heterocycles. The van der Waals surface area contributed by atoms with E-state index in [9.17, 15) is 4.79 Å². The van der Waals surface area contributed by atoms with Crippen LogP contribution in [0.1, 0.15) is 49.7 Å². The lowest BCUT2D eigenvalue weighted by Crippen LogP contribution is -2.43. The van der Waals surface area contributed by atoms with E-state index >= 15 is 0 Å². The number of hydrogen-bond acceptors (Lipinski definition) is 1. The summed E-state index contributed by atoms with van der Waals surface area (Å²) in [7, 11) is 1.88. The van der Waals surface area contributed by atoms with Crippen molar-refractivity contribution in [3.05, 3.63) is 53.2 Å². The number of carbonyl (C=O) groups excluding carboxylic acids is 1. The second-order valence-electron chi connectivity index (χ2n) is 7.14. The maximum absolute atomic E-state index is 13.1. The molecule has 1 fully saturated rings. The quantitative estimate of drug-likeness (QED) is 0.697. The Bertz CT molecular complexity index is 691. The van der Waals surface area contributed by atoms with E-state index in [1.807, 2.05) is 7.05 Å². The van der Waals surface area contributed by atoms with Crippen LogP contribution in [0.3, 0.4) is 0 Å². The summed E-state index contributed by atoms with van der Waals surface area (Å²) in [5, 5.41) is 0. The smallest absolute Gasteiger partial charge is 0.254 e. The van der Waals surface area contributed by atoms with Crippen molar-refractivity contribution in [1.82, 2.24) is 4.90 Å². The van der Waals surface area contributed by atoms with Gasteiger partial charge in [0.2, 0.25) is 0 Å². The molecule has 2 heteroatoms. The molecule has 1 aromatic carbocycles. The van der Waals surface area contributed by atoms with E-state index in [-0.39, 0.29) is 11.3 Å². The molecule has 22 heavy (non-hydrogen) atoms. The van der Waals surface area contributed by atoms with Crippen molar-refractivity contribution in [3.8, 4) is 0 Å². The predicted molar refractivity (Wildman–Crippen MR) is 89.1 cm³/mol. The molecule has 1 aromatic rings. The van der Waals surface area contributed by atoms with Crippen LogP contribution in [0, 0.1) is 5.41 Å². The number of allylic oxidation sites excluding steroid dienone is 1. The van der Waals surface area contributed by atoms with Crippen LogP contribution in [0.4, 0.5) is 0 Å². The summed E-state index contributed by atoms with van der Waals surface area (Å²) in [4.78, 5) is 14.8. The monoisotopic (exact) mass is 293 g/mol. The first-order chi connectivity index (χ1) is 10.6. The standard InChI is InChI=1S/C20H23NO/c1-14-12-17-16-9-5-4-8-15(16)13-20(10-6-3-7-11-20)18(17)19(22)21(14)2/h4-5,8-9H,1,3,6-7,10-13H2,2H3. The highest BCUT2D eigenvalue weighted by molar-refractivity contribution is 6.06. The summed E-state index contributed by atoms with van der Waals surface area (Å²) in [6.07, 6.45) is 7.97. The number of likely N-dealkylation sites (N-methyl/N-ethyl adjacent to an activating group) is 1. The first-order valence-electron chi connectivity index (χ1n) is 8.40. The van der Waals surface area contributed by atoms with Crippen molar-refractivity contribution in [2.24, 2.45) is 5.41 Å². The second kappa shape index (κ2) is 4.84. The van der Waals surface area contributed by atoms with Gasteiger partial charge in [-0.05, 0) is 36.0 Å². The minimum Gasteiger partial charge on any atom is -0.316 e. The van der Waals surface area contributed by atoms with Crippen LogP contribution >= 0.6 is 0 Å². The zero-order chi connectivity index (χ0) is 15.3. The third kappa shape index (κ3) is 1.83. The lowest BCUT2D eigenvalue weighted by atomic mass is 9.59. The van der Waals surface area contributed by atoms with Crippen molar-refractivity contribution < 1.29 is 4.79 Å². The molecule has 1 heterocycles. The Balaban J connectivity index is 1.96. The molecule has 0 aromatic heterocycles. The number of hydrogen-bond donors (Lipinski definition) is 0.